The summed E-state index contributed by atoms with van der Waals surface area (Å²) < 4.78 is 12.3. The van der Waals surface area contributed by atoms with E-state index in [0.29, 0.717) is 5.92 Å². The molecule has 0 saturated carbocycles. The van der Waals surface area contributed by atoms with Crippen LogP contribution >= 0.6 is 15.9 Å². The maximum atomic E-state index is 6.15. The Morgan fingerprint density at radius 3 is 2.42 bits per heavy atom. The molecule has 0 unspecified atom stereocenters. The standard InChI is InChI=1S/C21H29BrO2/c1-4-17-14-20(23-13-9-5-8-12-22)18-10-6-7-11-19(18)21(17)24-15-16(2)3/h6-7,10-11,14,16H,4-5,8-9,12-13,15H2,1-3H3. The Morgan fingerprint density at radius 2 is 1.75 bits per heavy atom. The van der Waals surface area contributed by atoms with Crippen molar-refractivity contribution < 1.29 is 9.47 Å². The van der Waals surface area contributed by atoms with Crippen molar-refractivity contribution in [1.29, 1.82) is 0 Å². The van der Waals surface area contributed by atoms with Crippen molar-refractivity contribution in [3.63, 3.8) is 0 Å². The molecular weight excluding hydrogens is 364 g/mol. The first-order valence-electron chi connectivity index (χ1n) is 9.03. The molecule has 0 amide bonds. The van der Waals surface area contributed by atoms with Gasteiger partial charge >= 0.3 is 0 Å². The number of rotatable bonds is 10. The molecule has 2 aromatic carbocycles. The lowest BCUT2D eigenvalue weighted by Gasteiger charge is -2.18. The number of alkyl halides is 1. The Morgan fingerprint density at radius 1 is 1.00 bits per heavy atom. The van der Waals surface area contributed by atoms with Crippen LogP contribution in [0.2, 0.25) is 0 Å². The monoisotopic (exact) mass is 392 g/mol. The molecule has 0 aromatic heterocycles. The molecular formula is C21H29BrO2. The second kappa shape index (κ2) is 9.93. The topological polar surface area (TPSA) is 18.5 Å². The van der Waals surface area contributed by atoms with E-state index >= 15 is 0 Å². The first-order valence-corrected chi connectivity index (χ1v) is 10.2. The van der Waals surface area contributed by atoms with E-state index in [4.69, 9.17) is 9.47 Å². The van der Waals surface area contributed by atoms with Crippen LogP contribution in [0, 0.1) is 5.92 Å². The Bertz CT molecular complexity index is 637. The van der Waals surface area contributed by atoms with Crippen LogP contribution in [0.1, 0.15) is 45.6 Å². The minimum absolute atomic E-state index is 0.513. The Balaban J connectivity index is 2.27. The number of benzene rings is 2. The van der Waals surface area contributed by atoms with E-state index in [1.165, 1.54) is 18.4 Å². The average Bonchev–Trinajstić information content (AvgIpc) is 2.59. The zero-order valence-electron chi connectivity index (χ0n) is 15.1. The third kappa shape index (κ3) is 5.14. The summed E-state index contributed by atoms with van der Waals surface area (Å²) in [6.07, 6.45) is 4.43. The molecule has 0 spiro atoms. The van der Waals surface area contributed by atoms with E-state index in [2.05, 4.69) is 67.0 Å². The molecule has 0 atom stereocenters. The van der Waals surface area contributed by atoms with Gasteiger partial charge in [0.25, 0.3) is 0 Å². The van der Waals surface area contributed by atoms with Gasteiger partial charge < -0.3 is 9.47 Å². The maximum absolute atomic E-state index is 6.15. The molecule has 0 radical (unpaired) electrons. The van der Waals surface area contributed by atoms with Gasteiger partial charge in [-0.2, -0.15) is 0 Å². The van der Waals surface area contributed by atoms with Crippen LogP contribution in [-0.4, -0.2) is 18.5 Å². The van der Waals surface area contributed by atoms with E-state index in [1.54, 1.807) is 0 Å². The SMILES string of the molecule is CCc1cc(OCCCCCBr)c2ccccc2c1OCC(C)C. The van der Waals surface area contributed by atoms with Crippen LogP contribution in [0.25, 0.3) is 10.8 Å². The second-order valence-corrected chi connectivity index (χ2v) is 7.36. The summed E-state index contributed by atoms with van der Waals surface area (Å²) in [6.45, 7) is 8.04. The molecule has 24 heavy (non-hydrogen) atoms. The van der Waals surface area contributed by atoms with Gasteiger partial charge in [-0.25, -0.2) is 0 Å². The summed E-state index contributed by atoms with van der Waals surface area (Å²) in [4.78, 5) is 0. The number of halogens is 1. The van der Waals surface area contributed by atoms with Crippen molar-refractivity contribution in [3.05, 3.63) is 35.9 Å². The van der Waals surface area contributed by atoms with Gasteiger partial charge in [-0.15, -0.1) is 0 Å². The Labute approximate surface area is 154 Å². The highest BCUT2D eigenvalue weighted by Crippen LogP contribution is 2.37. The van der Waals surface area contributed by atoms with Crippen LogP contribution in [0.15, 0.2) is 30.3 Å². The molecule has 0 fully saturated rings. The van der Waals surface area contributed by atoms with Crippen LogP contribution < -0.4 is 9.47 Å². The highest BCUT2D eigenvalue weighted by atomic mass is 79.9. The summed E-state index contributed by atoms with van der Waals surface area (Å²) in [5.74, 6) is 2.52. The van der Waals surface area contributed by atoms with Crippen molar-refractivity contribution in [2.45, 2.75) is 46.5 Å². The van der Waals surface area contributed by atoms with Gasteiger partial charge in [0.2, 0.25) is 0 Å². The quantitative estimate of drug-likeness (QED) is 0.344. The minimum Gasteiger partial charge on any atom is -0.493 e. The first kappa shape index (κ1) is 19.1. The Hall–Kier alpha value is -1.22. The fourth-order valence-corrected chi connectivity index (χ4v) is 3.12. The predicted molar refractivity (Wildman–Crippen MR) is 107 cm³/mol. The van der Waals surface area contributed by atoms with E-state index in [1.807, 2.05) is 0 Å². The van der Waals surface area contributed by atoms with E-state index in [9.17, 15) is 0 Å². The maximum Gasteiger partial charge on any atom is 0.130 e. The van der Waals surface area contributed by atoms with Crippen molar-refractivity contribution in [2.75, 3.05) is 18.5 Å². The zero-order valence-corrected chi connectivity index (χ0v) is 16.7. The summed E-state index contributed by atoms with van der Waals surface area (Å²) in [5.41, 5.74) is 1.23. The van der Waals surface area contributed by atoms with Crippen LogP contribution in [-0.2, 0) is 6.42 Å². The van der Waals surface area contributed by atoms with Gasteiger partial charge in [-0.1, -0.05) is 61.0 Å². The molecule has 0 saturated heterocycles. The lowest BCUT2D eigenvalue weighted by Crippen LogP contribution is -2.07. The molecule has 0 heterocycles. The van der Waals surface area contributed by atoms with E-state index in [-0.39, 0.29) is 0 Å². The first-order chi connectivity index (χ1) is 11.7. The highest BCUT2D eigenvalue weighted by Gasteiger charge is 2.13. The van der Waals surface area contributed by atoms with E-state index in [0.717, 1.165) is 53.7 Å². The normalized spacial score (nSPS) is 11.2. The molecule has 3 heteroatoms. The van der Waals surface area contributed by atoms with Crippen LogP contribution in [0.4, 0.5) is 0 Å². The number of unbranched alkanes of at least 4 members (excludes halogenated alkanes) is 2. The van der Waals surface area contributed by atoms with Crippen molar-refractivity contribution >= 4 is 26.7 Å². The Kier molecular flexibility index (Phi) is 7.90. The molecule has 2 nitrogen and oxygen atoms in total. The minimum atomic E-state index is 0.513. The van der Waals surface area contributed by atoms with Gasteiger partial charge in [0, 0.05) is 16.1 Å². The fourth-order valence-electron chi connectivity index (χ4n) is 2.73. The molecule has 132 valence electrons. The van der Waals surface area contributed by atoms with Gasteiger partial charge in [0.05, 0.1) is 13.2 Å². The second-order valence-electron chi connectivity index (χ2n) is 6.57. The average molecular weight is 393 g/mol. The molecule has 0 bridgehead atoms. The summed E-state index contributed by atoms with van der Waals surface area (Å²) in [6, 6.07) is 10.6. The van der Waals surface area contributed by atoms with Gasteiger partial charge in [-0.3, -0.25) is 0 Å². The third-order valence-corrected chi connectivity index (χ3v) is 4.57. The van der Waals surface area contributed by atoms with Crippen molar-refractivity contribution in [1.82, 2.24) is 0 Å². The summed E-state index contributed by atoms with van der Waals surface area (Å²) >= 11 is 3.48. The molecule has 0 aliphatic carbocycles. The summed E-state index contributed by atoms with van der Waals surface area (Å²) in [7, 11) is 0. The molecule has 0 N–H and O–H groups in total. The molecule has 2 rings (SSSR count). The number of hydrogen-bond donors (Lipinski definition) is 0. The largest absolute Gasteiger partial charge is 0.493 e. The fraction of sp³-hybridized carbons (Fsp3) is 0.524. The summed E-state index contributed by atoms with van der Waals surface area (Å²) in [5, 5.41) is 3.37. The molecule has 2 aromatic rings. The lowest BCUT2D eigenvalue weighted by molar-refractivity contribution is 0.271. The van der Waals surface area contributed by atoms with E-state index < -0.39 is 0 Å². The zero-order chi connectivity index (χ0) is 17.4. The number of aryl methyl sites for hydroxylation is 1. The van der Waals surface area contributed by atoms with Gasteiger partial charge in [-0.05, 0) is 43.2 Å². The highest BCUT2D eigenvalue weighted by molar-refractivity contribution is 9.09. The number of ether oxygens (including phenoxy) is 2. The number of hydrogen-bond acceptors (Lipinski definition) is 2. The van der Waals surface area contributed by atoms with Gasteiger partial charge in [0.1, 0.15) is 11.5 Å². The smallest absolute Gasteiger partial charge is 0.130 e. The van der Waals surface area contributed by atoms with Crippen molar-refractivity contribution in [2.24, 2.45) is 5.92 Å². The van der Waals surface area contributed by atoms with Crippen LogP contribution in [0.5, 0.6) is 11.5 Å². The third-order valence-electron chi connectivity index (χ3n) is 4.01. The predicted octanol–water partition coefficient (Wildman–Crippen LogP) is 6.38. The molecule has 0 aliphatic rings. The van der Waals surface area contributed by atoms with Crippen LogP contribution in [0.3, 0.4) is 0 Å². The van der Waals surface area contributed by atoms with Gasteiger partial charge in [0.15, 0.2) is 0 Å². The van der Waals surface area contributed by atoms with Crippen molar-refractivity contribution in [3.8, 4) is 11.5 Å². The lowest BCUT2D eigenvalue weighted by atomic mass is 10.0. The number of fused-ring (bicyclic) bond motifs is 1. The molecule has 0 aliphatic heterocycles.